The van der Waals surface area contributed by atoms with Crippen molar-refractivity contribution in [3.05, 3.63) is 71.8 Å². The maximum Gasteiger partial charge on any atom is 0.342 e. The lowest BCUT2D eigenvalue weighted by Crippen LogP contribution is -2.09. The Bertz CT molecular complexity index is 1140. The highest BCUT2D eigenvalue weighted by Gasteiger charge is 2.27. The topological polar surface area (TPSA) is 74.2 Å². The smallest absolute Gasteiger partial charge is 0.342 e. The number of methoxy groups -OCH3 is 3. The van der Waals surface area contributed by atoms with Crippen LogP contribution in [0.5, 0.6) is 23.0 Å². The Morgan fingerprint density at radius 3 is 2.09 bits per heavy atom. The molecule has 3 rings (SSSR count). The molecule has 0 aromatic heterocycles. The van der Waals surface area contributed by atoms with Crippen LogP contribution in [-0.4, -0.2) is 39.0 Å². The highest BCUT2D eigenvalue weighted by molar-refractivity contribution is 6.05. The largest absolute Gasteiger partial charge is 0.508 e. The molecule has 0 aliphatic heterocycles. The summed E-state index contributed by atoms with van der Waals surface area (Å²) >= 11 is 0. The third kappa shape index (κ3) is 5.29. The molecule has 0 bridgehead atoms. The Labute approximate surface area is 194 Å². The normalized spacial score (nSPS) is 10.3. The van der Waals surface area contributed by atoms with Crippen LogP contribution in [0.2, 0.25) is 0 Å². The van der Waals surface area contributed by atoms with E-state index in [0.29, 0.717) is 35.0 Å². The Hall–Kier alpha value is -3.93. The van der Waals surface area contributed by atoms with E-state index >= 15 is 0 Å². The molecule has 33 heavy (non-hydrogen) atoms. The predicted octanol–water partition coefficient (Wildman–Crippen LogP) is 5.88. The second-order valence-corrected chi connectivity index (χ2v) is 7.56. The van der Waals surface area contributed by atoms with Gasteiger partial charge in [-0.1, -0.05) is 29.8 Å². The van der Waals surface area contributed by atoms with Crippen molar-refractivity contribution >= 4 is 5.97 Å². The molecule has 0 atom stereocenters. The van der Waals surface area contributed by atoms with Crippen LogP contribution in [0.15, 0.2) is 66.2 Å². The van der Waals surface area contributed by atoms with Crippen molar-refractivity contribution in [2.24, 2.45) is 0 Å². The van der Waals surface area contributed by atoms with Crippen LogP contribution in [0.4, 0.5) is 0 Å². The van der Waals surface area contributed by atoms with E-state index in [9.17, 15) is 9.90 Å². The van der Waals surface area contributed by atoms with Crippen LogP contribution in [-0.2, 0) is 4.74 Å². The summed E-state index contributed by atoms with van der Waals surface area (Å²) in [6, 6.07) is 15.8. The van der Waals surface area contributed by atoms with E-state index in [1.54, 1.807) is 31.4 Å². The van der Waals surface area contributed by atoms with Crippen molar-refractivity contribution in [3.8, 4) is 45.3 Å². The van der Waals surface area contributed by atoms with Crippen molar-refractivity contribution in [1.82, 2.24) is 0 Å². The van der Waals surface area contributed by atoms with E-state index in [4.69, 9.17) is 18.9 Å². The van der Waals surface area contributed by atoms with E-state index in [-0.39, 0.29) is 11.3 Å². The number of phenolic OH excluding ortho intramolecular Hbond substituents is 1. The summed E-state index contributed by atoms with van der Waals surface area (Å²) in [5.41, 5.74) is 4.13. The predicted molar refractivity (Wildman–Crippen MR) is 128 cm³/mol. The third-order valence-corrected chi connectivity index (χ3v) is 5.12. The van der Waals surface area contributed by atoms with Gasteiger partial charge in [-0.2, -0.15) is 0 Å². The second kappa shape index (κ2) is 10.6. The van der Waals surface area contributed by atoms with Crippen LogP contribution in [0.3, 0.4) is 0 Å². The molecule has 0 heterocycles. The fourth-order valence-electron chi connectivity index (χ4n) is 3.47. The first-order valence-corrected chi connectivity index (χ1v) is 10.4. The average molecular weight is 449 g/mol. The molecular formula is C27H28O6. The third-order valence-electron chi connectivity index (χ3n) is 5.12. The summed E-state index contributed by atoms with van der Waals surface area (Å²) in [7, 11) is 4.37. The molecule has 172 valence electrons. The minimum atomic E-state index is -0.551. The van der Waals surface area contributed by atoms with Gasteiger partial charge in [-0.3, -0.25) is 0 Å². The molecule has 6 nitrogen and oxygen atoms in total. The van der Waals surface area contributed by atoms with Gasteiger partial charge in [0.25, 0.3) is 0 Å². The van der Waals surface area contributed by atoms with E-state index in [2.05, 4.69) is 0 Å². The lowest BCUT2D eigenvalue weighted by molar-refractivity contribution is 0.0597. The standard InChI is InChI=1S/C27H28O6/c1-17(2)14-15-33-21-12-8-19(9-13-21)24-23(30-3)16-22(18-6-10-20(28)11-7-18)26(31-4)25(24)27(29)32-5/h6-14,16,28H,15H2,1-5H3. The number of allylic oxidation sites excluding steroid dienone is 1. The molecule has 0 radical (unpaired) electrons. The first-order chi connectivity index (χ1) is 15.9. The van der Waals surface area contributed by atoms with Crippen molar-refractivity contribution in [1.29, 1.82) is 0 Å². The maximum absolute atomic E-state index is 12.9. The zero-order valence-corrected chi connectivity index (χ0v) is 19.5. The first-order valence-electron chi connectivity index (χ1n) is 10.4. The Morgan fingerprint density at radius 1 is 0.909 bits per heavy atom. The van der Waals surface area contributed by atoms with Gasteiger partial charge >= 0.3 is 5.97 Å². The summed E-state index contributed by atoms with van der Waals surface area (Å²) in [5.74, 6) is 1.14. The monoisotopic (exact) mass is 448 g/mol. The van der Waals surface area contributed by atoms with Crippen LogP contribution in [0.25, 0.3) is 22.3 Å². The fourth-order valence-corrected chi connectivity index (χ4v) is 3.47. The lowest BCUT2D eigenvalue weighted by Gasteiger charge is -2.20. The zero-order valence-electron chi connectivity index (χ0n) is 19.5. The molecule has 6 heteroatoms. The number of hydrogen-bond acceptors (Lipinski definition) is 6. The summed E-state index contributed by atoms with van der Waals surface area (Å²) in [5, 5.41) is 9.66. The van der Waals surface area contributed by atoms with E-state index in [1.807, 2.05) is 50.3 Å². The molecule has 0 saturated carbocycles. The number of benzene rings is 3. The summed E-state index contributed by atoms with van der Waals surface area (Å²) in [6.45, 7) is 4.51. The second-order valence-electron chi connectivity index (χ2n) is 7.56. The number of ether oxygens (including phenoxy) is 4. The Kier molecular flexibility index (Phi) is 7.61. The molecule has 0 fully saturated rings. The molecule has 0 spiro atoms. The molecule has 0 aliphatic carbocycles. The molecule has 1 N–H and O–H groups in total. The first kappa shape index (κ1) is 23.7. The molecule has 0 amide bonds. The molecule has 0 saturated heterocycles. The summed E-state index contributed by atoms with van der Waals surface area (Å²) in [4.78, 5) is 12.9. The maximum atomic E-state index is 12.9. The van der Waals surface area contributed by atoms with Gasteiger partial charge in [-0.25, -0.2) is 4.79 Å². The van der Waals surface area contributed by atoms with Gasteiger partial charge in [0.15, 0.2) is 0 Å². The number of rotatable bonds is 8. The van der Waals surface area contributed by atoms with Gasteiger partial charge in [0.05, 0.1) is 21.3 Å². The quantitative estimate of drug-likeness (QED) is 0.343. The van der Waals surface area contributed by atoms with Crippen LogP contribution < -0.4 is 14.2 Å². The van der Waals surface area contributed by atoms with Crippen molar-refractivity contribution in [2.45, 2.75) is 13.8 Å². The minimum Gasteiger partial charge on any atom is -0.508 e. The Balaban J connectivity index is 2.17. The zero-order chi connectivity index (χ0) is 24.0. The van der Waals surface area contributed by atoms with Gasteiger partial charge in [-0.15, -0.1) is 0 Å². The molecule has 0 aliphatic rings. The molecule has 0 unspecified atom stereocenters. The lowest BCUT2D eigenvalue weighted by atomic mass is 9.92. The van der Waals surface area contributed by atoms with E-state index in [1.165, 1.54) is 19.8 Å². The average Bonchev–Trinajstić information content (AvgIpc) is 2.83. The number of carbonyl (C=O) groups is 1. The summed E-state index contributed by atoms with van der Waals surface area (Å²) < 4.78 is 22.2. The van der Waals surface area contributed by atoms with Crippen molar-refractivity contribution < 1.29 is 28.8 Å². The highest BCUT2D eigenvalue weighted by Crippen LogP contribution is 2.45. The summed E-state index contributed by atoms with van der Waals surface area (Å²) in [6.07, 6.45) is 2.00. The van der Waals surface area contributed by atoms with Gasteiger partial charge in [0, 0.05) is 11.1 Å². The van der Waals surface area contributed by atoms with Crippen LogP contribution in [0.1, 0.15) is 24.2 Å². The minimum absolute atomic E-state index is 0.140. The number of aromatic hydroxyl groups is 1. The van der Waals surface area contributed by atoms with Gasteiger partial charge in [-0.05, 0) is 61.4 Å². The Morgan fingerprint density at radius 2 is 1.55 bits per heavy atom. The van der Waals surface area contributed by atoms with Gasteiger partial charge in [0.1, 0.15) is 35.2 Å². The number of hydrogen-bond donors (Lipinski definition) is 1. The number of esters is 1. The van der Waals surface area contributed by atoms with Crippen molar-refractivity contribution in [2.75, 3.05) is 27.9 Å². The van der Waals surface area contributed by atoms with E-state index < -0.39 is 5.97 Å². The number of carbonyl (C=O) groups excluding carboxylic acids is 1. The molecular weight excluding hydrogens is 420 g/mol. The SMILES string of the molecule is COC(=O)c1c(OC)c(-c2ccc(O)cc2)cc(OC)c1-c1ccc(OCC=C(C)C)cc1. The van der Waals surface area contributed by atoms with E-state index in [0.717, 1.165) is 11.1 Å². The number of phenols is 1. The van der Waals surface area contributed by atoms with Gasteiger partial charge < -0.3 is 24.1 Å². The van der Waals surface area contributed by atoms with Crippen molar-refractivity contribution in [3.63, 3.8) is 0 Å². The van der Waals surface area contributed by atoms with Crippen LogP contribution in [0, 0.1) is 0 Å². The highest BCUT2D eigenvalue weighted by atomic mass is 16.5. The fraction of sp³-hybridized carbons (Fsp3) is 0.222. The molecule has 3 aromatic rings. The van der Waals surface area contributed by atoms with Gasteiger partial charge in [0.2, 0.25) is 0 Å². The molecule has 3 aromatic carbocycles. The van der Waals surface area contributed by atoms with Crippen LogP contribution >= 0.6 is 0 Å².